The van der Waals surface area contributed by atoms with Crippen LogP contribution in [0.4, 0.5) is 5.69 Å². The number of anilines is 1. The normalized spacial score (nSPS) is 11.7. The number of aliphatic hydroxyl groups is 1. The fraction of sp³-hybridized carbons (Fsp3) is 0.320. The van der Waals surface area contributed by atoms with Crippen LogP contribution in [0, 0.1) is 6.92 Å². The highest BCUT2D eigenvalue weighted by Gasteiger charge is 2.21. The minimum Gasteiger partial charge on any atom is -0.493 e. The van der Waals surface area contributed by atoms with Gasteiger partial charge in [0.2, 0.25) is 0 Å². The van der Waals surface area contributed by atoms with E-state index in [0.717, 1.165) is 12.0 Å². The highest BCUT2D eigenvalue weighted by atomic mass is 32.2. The Balaban J connectivity index is 1.78. The maximum absolute atomic E-state index is 13.2. The van der Waals surface area contributed by atoms with Crippen molar-refractivity contribution in [2.45, 2.75) is 44.9 Å². The smallest absolute Gasteiger partial charge is 0.277 e. The van der Waals surface area contributed by atoms with Crippen molar-refractivity contribution in [2.75, 3.05) is 17.9 Å². The van der Waals surface area contributed by atoms with Gasteiger partial charge in [-0.2, -0.15) is 0 Å². The lowest BCUT2D eigenvalue weighted by Crippen LogP contribution is -2.17. The first-order chi connectivity index (χ1) is 17.3. The summed E-state index contributed by atoms with van der Waals surface area (Å²) in [6.07, 6.45) is 1.95. The number of H-pyrrole nitrogens is 1. The molecule has 0 aliphatic heterocycles. The molecule has 0 atom stereocenters. The molecule has 0 aliphatic carbocycles. The van der Waals surface area contributed by atoms with Crippen molar-refractivity contribution < 1.29 is 18.3 Å². The van der Waals surface area contributed by atoms with Crippen LogP contribution in [0.1, 0.15) is 37.4 Å². The molecule has 2 heterocycles. The van der Waals surface area contributed by atoms with Gasteiger partial charge in [0, 0.05) is 18.7 Å². The number of fused-ring (bicyclic) bond motifs is 1. The number of aromatic amines is 1. The zero-order chi connectivity index (χ0) is 25.9. The summed E-state index contributed by atoms with van der Waals surface area (Å²) in [5.74, 6) is 1.22. The molecule has 0 fully saturated rings. The van der Waals surface area contributed by atoms with Crippen molar-refractivity contribution >= 4 is 21.2 Å². The van der Waals surface area contributed by atoms with Crippen molar-refractivity contribution in [2.24, 2.45) is 0 Å². The fourth-order valence-electron chi connectivity index (χ4n) is 3.97. The summed E-state index contributed by atoms with van der Waals surface area (Å²) in [5, 5.41) is 13.7. The van der Waals surface area contributed by atoms with E-state index in [1.165, 1.54) is 16.6 Å². The van der Waals surface area contributed by atoms with E-state index in [1.807, 2.05) is 13.8 Å². The van der Waals surface area contributed by atoms with Gasteiger partial charge < -0.3 is 14.8 Å². The third-order valence-corrected chi connectivity index (χ3v) is 7.02. The van der Waals surface area contributed by atoms with E-state index in [0.29, 0.717) is 53.5 Å². The molecular weight excluding hydrogens is 482 g/mol. The molecule has 0 saturated carbocycles. The maximum atomic E-state index is 13.2. The molecule has 3 N–H and O–H groups in total. The van der Waals surface area contributed by atoms with Gasteiger partial charge in [-0.1, -0.05) is 19.1 Å². The molecule has 0 amide bonds. The molecule has 2 aromatic heterocycles. The van der Waals surface area contributed by atoms with Crippen molar-refractivity contribution in [1.82, 2.24) is 19.6 Å². The standard InChI is InChI=1S/C25H29N5O5S/c1-4-6-22-26-16(3)23-25(32)27-24(28-30(22)23)20-15-19(11-12-21(20)35-5-2)36(33,34)29-18-9-7-17(8-10-18)13-14-31/h7-12,15,29,31H,4-6,13-14H2,1-3H3,(H,27,28,32). The Morgan fingerprint density at radius 3 is 2.53 bits per heavy atom. The second-order valence-electron chi connectivity index (χ2n) is 8.29. The Hall–Kier alpha value is -3.70. The van der Waals surface area contributed by atoms with Crippen LogP contribution >= 0.6 is 0 Å². The van der Waals surface area contributed by atoms with Crippen molar-refractivity contribution in [3.63, 3.8) is 0 Å². The molecule has 0 unspecified atom stereocenters. The summed E-state index contributed by atoms with van der Waals surface area (Å²) in [5.41, 5.74) is 2.18. The fourth-order valence-corrected chi connectivity index (χ4v) is 5.05. The van der Waals surface area contributed by atoms with E-state index in [4.69, 9.17) is 9.84 Å². The van der Waals surface area contributed by atoms with E-state index in [-0.39, 0.29) is 22.9 Å². The Bertz CT molecular complexity index is 1540. The number of aromatic nitrogens is 4. The lowest BCUT2D eigenvalue weighted by atomic mass is 10.1. The molecule has 0 radical (unpaired) electrons. The molecule has 4 rings (SSSR count). The largest absolute Gasteiger partial charge is 0.493 e. The predicted octanol–water partition coefficient (Wildman–Crippen LogP) is 3.08. The van der Waals surface area contributed by atoms with E-state index in [9.17, 15) is 13.2 Å². The molecule has 4 aromatic rings. The Morgan fingerprint density at radius 1 is 1.11 bits per heavy atom. The third-order valence-electron chi connectivity index (χ3n) is 5.64. The molecule has 190 valence electrons. The number of rotatable bonds is 10. The average molecular weight is 512 g/mol. The van der Waals surface area contributed by atoms with E-state index in [1.54, 1.807) is 37.3 Å². The minimum atomic E-state index is -3.96. The van der Waals surface area contributed by atoms with Crippen molar-refractivity contribution in [1.29, 1.82) is 0 Å². The molecule has 0 bridgehead atoms. The number of aliphatic hydroxyl groups excluding tert-OH is 1. The molecule has 36 heavy (non-hydrogen) atoms. The quantitative estimate of drug-likeness (QED) is 0.297. The first-order valence-electron chi connectivity index (χ1n) is 11.8. The first kappa shape index (κ1) is 25.4. The van der Waals surface area contributed by atoms with Gasteiger partial charge >= 0.3 is 0 Å². The molecular formula is C25H29N5O5S. The first-order valence-corrected chi connectivity index (χ1v) is 13.2. The zero-order valence-corrected chi connectivity index (χ0v) is 21.2. The Labute approximate surface area is 209 Å². The second kappa shape index (κ2) is 10.5. The highest BCUT2D eigenvalue weighted by molar-refractivity contribution is 7.92. The summed E-state index contributed by atoms with van der Waals surface area (Å²) >= 11 is 0. The van der Waals surface area contributed by atoms with Crippen LogP contribution in [0.25, 0.3) is 16.9 Å². The molecule has 0 spiro atoms. The minimum absolute atomic E-state index is 0.0144. The van der Waals surface area contributed by atoms with E-state index >= 15 is 0 Å². The molecule has 10 nitrogen and oxygen atoms in total. The van der Waals surface area contributed by atoms with Crippen LogP contribution in [-0.2, 0) is 22.9 Å². The van der Waals surface area contributed by atoms with Gasteiger partial charge in [-0.3, -0.25) is 9.52 Å². The van der Waals surface area contributed by atoms with Crippen LogP contribution in [0.15, 0.2) is 52.2 Å². The SMILES string of the molecule is CCCc1nc(C)c2c(=O)[nH]c(-c3cc(S(=O)(=O)Nc4ccc(CCO)cc4)ccc3OCC)nn12. The van der Waals surface area contributed by atoms with Crippen LogP contribution < -0.4 is 15.0 Å². The summed E-state index contributed by atoms with van der Waals surface area (Å²) in [6, 6.07) is 11.2. The van der Waals surface area contributed by atoms with Crippen molar-refractivity contribution in [3.8, 4) is 17.1 Å². The number of aryl methyl sites for hydroxylation is 2. The van der Waals surface area contributed by atoms with Gasteiger partial charge in [-0.05, 0) is 62.6 Å². The van der Waals surface area contributed by atoms with Gasteiger partial charge in [0.1, 0.15) is 11.6 Å². The number of nitrogens with one attached hydrogen (secondary N) is 2. The van der Waals surface area contributed by atoms with Gasteiger partial charge in [0.25, 0.3) is 15.6 Å². The van der Waals surface area contributed by atoms with Crippen LogP contribution in [-0.4, -0.2) is 46.3 Å². The zero-order valence-electron chi connectivity index (χ0n) is 20.4. The topological polar surface area (TPSA) is 139 Å². The number of sulfonamides is 1. The molecule has 11 heteroatoms. The average Bonchev–Trinajstić information content (AvgIpc) is 3.16. The van der Waals surface area contributed by atoms with Gasteiger partial charge in [0.15, 0.2) is 11.3 Å². The number of imidazole rings is 1. The van der Waals surface area contributed by atoms with Crippen LogP contribution in [0.3, 0.4) is 0 Å². The lowest BCUT2D eigenvalue weighted by molar-refractivity contribution is 0.299. The van der Waals surface area contributed by atoms with Gasteiger partial charge in [-0.25, -0.2) is 17.9 Å². The summed E-state index contributed by atoms with van der Waals surface area (Å²) in [6.45, 7) is 5.94. The van der Waals surface area contributed by atoms with Crippen LogP contribution in [0.5, 0.6) is 5.75 Å². The number of benzene rings is 2. The number of hydrogen-bond donors (Lipinski definition) is 3. The molecule has 0 saturated heterocycles. The summed E-state index contributed by atoms with van der Waals surface area (Å²) in [7, 11) is -3.96. The van der Waals surface area contributed by atoms with Crippen LogP contribution in [0.2, 0.25) is 0 Å². The monoisotopic (exact) mass is 511 g/mol. The van der Waals surface area contributed by atoms with Crippen molar-refractivity contribution in [3.05, 3.63) is 69.9 Å². The van der Waals surface area contributed by atoms with Gasteiger partial charge in [-0.15, -0.1) is 5.10 Å². The third kappa shape index (κ3) is 5.12. The predicted molar refractivity (Wildman–Crippen MR) is 137 cm³/mol. The van der Waals surface area contributed by atoms with E-state index in [2.05, 4.69) is 19.8 Å². The number of hydrogen-bond acceptors (Lipinski definition) is 7. The Kier molecular flexibility index (Phi) is 7.41. The highest BCUT2D eigenvalue weighted by Crippen LogP contribution is 2.31. The second-order valence-corrected chi connectivity index (χ2v) is 9.98. The maximum Gasteiger partial charge on any atom is 0.277 e. The molecule has 2 aromatic carbocycles. The summed E-state index contributed by atoms with van der Waals surface area (Å²) < 4.78 is 36.2. The Morgan fingerprint density at radius 2 is 1.86 bits per heavy atom. The van der Waals surface area contributed by atoms with Gasteiger partial charge in [0.05, 0.1) is 22.8 Å². The number of nitrogens with zero attached hydrogens (tertiary/aromatic N) is 3. The van der Waals surface area contributed by atoms with E-state index < -0.39 is 10.0 Å². The number of ether oxygens (including phenoxy) is 1. The molecule has 0 aliphatic rings. The lowest BCUT2D eigenvalue weighted by Gasteiger charge is -2.14. The summed E-state index contributed by atoms with van der Waals surface area (Å²) in [4.78, 5) is 20.2.